The van der Waals surface area contributed by atoms with E-state index >= 15 is 0 Å². The van der Waals surface area contributed by atoms with Crippen LogP contribution in [0.5, 0.6) is 11.5 Å². The lowest BCUT2D eigenvalue weighted by atomic mass is 10.0. The van der Waals surface area contributed by atoms with Crippen LogP contribution in [0.15, 0.2) is 48.5 Å². The minimum atomic E-state index is -0.165. The first-order valence-electron chi connectivity index (χ1n) is 9.50. The molecule has 5 nitrogen and oxygen atoms in total. The van der Waals surface area contributed by atoms with Crippen molar-refractivity contribution in [2.75, 3.05) is 33.9 Å². The highest BCUT2D eigenvalue weighted by molar-refractivity contribution is 5.99. The molecule has 1 saturated heterocycles. The summed E-state index contributed by atoms with van der Waals surface area (Å²) in [5, 5.41) is 3.11. The predicted molar refractivity (Wildman–Crippen MR) is 107 cm³/mol. The lowest BCUT2D eigenvalue weighted by Crippen LogP contribution is -2.44. The van der Waals surface area contributed by atoms with E-state index < -0.39 is 0 Å². The highest BCUT2D eigenvalue weighted by Gasteiger charge is 2.24. The molecule has 1 aliphatic rings. The third-order valence-electron chi connectivity index (χ3n) is 5.12. The van der Waals surface area contributed by atoms with Crippen LogP contribution in [0.1, 0.15) is 28.8 Å². The van der Waals surface area contributed by atoms with E-state index in [9.17, 15) is 4.79 Å². The number of nitrogens with one attached hydrogen (secondary N) is 1. The van der Waals surface area contributed by atoms with Gasteiger partial charge in [0.05, 0.1) is 14.2 Å². The molecule has 1 N–H and O–H groups in total. The number of likely N-dealkylation sites (tertiary alicyclic amines) is 1. The van der Waals surface area contributed by atoms with Gasteiger partial charge < -0.3 is 14.8 Å². The Kier molecular flexibility index (Phi) is 6.71. The van der Waals surface area contributed by atoms with Crippen LogP contribution < -0.4 is 14.8 Å². The highest BCUT2D eigenvalue weighted by Crippen LogP contribution is 2.28. The van der Waals surface area contributed by atoms with Crippen LogP contribution in [0.25, 0.3) is 0 Å². The summed E-state index contributed by atoms with van der Waals surface area (Å²) >= 11 is 0. The van der Waals surface area contributed by atoms with Gasteiger partial charge in [-0.1, -0.05) is 36.4 Å². The Labute approximate surface area is 161 Å². The number of benzene rings is 2. The maximum atomic E-state index is 12.9. The molecular weight excluding hydrogens is 340 g/mol. The van der Waals surface area contributed by atoms with Crippen molar-refractivity contribution in [2.24, 2.45) is 0 Å². The number of hydrogen-bond acceptors (Lipinski definition) is 4. The van der Waals surface area contributed by atoms with E-state index in [1.165, 1.54) is 18.4 Å². The van der Waals surface area contributed by atoms with Crippen molar-refractivity contribution in [3.63, 3.8) is 0 Å². The van der Waals surface area contributed by atoms with Crippen LogP contribution in [0, 0.1) is 0 Å². The monoisotopic (exact) mass is 368 g/mol. The van der Waals surface area contributed by atoms with Gasteiger partial charge in [0.25, 0.3) is 5.91 Å². The van der Waals surface area contributed by atoms with Gasteiger partial charge in [-0.25, -0.2) is 0 Å². The highest BCUT2D eigenvalue weighted by atomic mass is 16.5. The zero-order valence-corrected chi connectivity index (χ0v) is 16.1. The van der Waals surface area contributed by atoms with E-state index in [0.717, 1.165) is 19.5 Å². The van der Waals surface area contributed by atoms with Crippen LogP contribution in [0.3, 0.4) is 0 Å². The van der Waals surface area contributed by atoms with Crippen molar-refractivity contribution < 1.29 is 14.3 Å². The van der Waals surface area contributed by atoms with E-state index in [4.69, 9.17) is 9.47 Å². The van der Waals surface area contributed by atoms with E-state index in [-0.39, 0.29) is 11.9 Å². The molecule has 1 atom stereocenters. The molecule has 0 saturated carbocycles. The van der Waals surface area contributed by atoms with Gasteiger partial charge in [-0.15, -0.1) is 0 Å². The Bertz CT molecular complexity index is 720. The Morgan fingerprint density at radius 2 is 1.63 bits per heavy atom. The van der Waals surface area contributed by atoms with Gasteiger partial charge in [0.2, 0.25) is 0 Å². The number of nitrogens with zero attached hydrogens (tertiary/aromatic N) is 1. The van der Waals surface area contributed by atoms with Gasteiger partial charge in [0.1, 0.15) is 17.1 Å². The maximum absolute atomic E-state index is 12.9. The Morgan fingerprint density at radius 3 is 2.22 bits per heavy atom. The molecule has 0 aromatic heterocycles. The molecule has 1 heterocycles. The van der Waals surface area contributed by atoms with E-state index in [1.807, 2.05) is 12.1 Å². The van der Waals surface area contributed by atoms with Gasteiger partial charge in [-0.2, -0.15) is 0 Å². The molecule has 2 aromatic carbocycles. The normalized spacial score (nSPS) is 15.3. The number of carbonyl (C=O) groups is 1. The average Bonchev–Trinajstić information content (AvgIpc) is 3.25. The minimum Gasteiger partial charge on any atom is -0.496 e. The van der Waals surface area contributed by atoms with Gasteiger partial charge in [0, 0.05) is 12.6 Å². The first-order valence-corrected chi connectivity index (χ1v) is 9.50. The van der Waals surface area contributed by atoms with Crippen molar-refractivity contribution in [3.05, 3.63) is 59.7 Å². The molecular formula is C22H28N2O3. The summed E-state index contributed by atoms with van der Waals surface area (Å²) < 4.78 is 10.7. The summed E-state index contributed by atoms with van der Waals surface area (Å²) in [6, 6.07) is 16.1. The number of ether oxygens (including phenoxy) is 2. The second-order valence-electron chi connectivity index (χ2n) is 6.83. The first-order chi connectivity index (χ1) is 13.2. The van der Waals surface area contributed by atoms with Crippen molar-refractivity contribution in [2.45, 2.75) is 25.3 Å². The summed E-state index contributed by atoms with van der Waals surface area (Å²) in [6.07, 6.45) is 3.36. The fraction of sp³-hybridized carbons (Fsp3) is 0.409. The molecule has 3 rings (SSSR count). The van der Waals surface area contributed by atoms with Crippen LogP contribution >= 0.6 is 0 Å². The Morgan fingerprint density at radius 1 is 1.00 bits per heavy atom. The van der Waals surface area contributed by atoms with Gasteiger partial charge in [-0.3, -0.25) is 9.69 Å². The molecule has 1 amide bonds. The van der Waals surface area contributed by atoms with Crippen molar-refractivity contribution in [1.82, 2.24) is 10.2 Å². The van der Waals surface area contributed by atoms with Crippen molar-refractivity contribution in [3.8, 4) is 11.5 Å². The molecule has 5 heteroatoms. The molecule has 0 radical (unpaired) electrons. The number of amides is 1. The van der Waals surface area contributed by atoms with Crippen molar-refractivity contribution in [1.29, 1.82) is 0 Å². The van der Waals surface area contributed by atoms with Gasteiger partial charge in [0.15, 0.2) is 0 Å². The first kappa shape index (κ1) is 19.2. The largest absolute Gasteiger partial charge is 0.496 e. The smallest absolute Gasteiger partial charge is 0.258 e. The lowest BCUT2D eigenvalue weighted by Gasteiger charge is -2.28. The van der Waals surface area contributed by atoms with Crippen molar-refractivity contribution >= 4 is 5.91 Å². The quantitative estimate of drug-likeness (QED) is 0.778. The Balaban J connectivity index is 1.72. The molecule has 1 unspecified atom stereocenters. The lowest BCUT2D eigenvalue weighted by molar-refractivity contribution is 0.0931. The summed E-state index contributed by atoms with van der Waals surface area (Å²) in [5.41, 5.74) is 1.74. The van der Waals surface area contributed by atoms with E-state index in [2.05, 4.69) is 34.5 Å². The molecule has 2 aromatic rings. The molecule has 27 heavy (non-hydrogen) atoms. The zero-order valence-electron chi connectivity index (χ0n) is 16.1. The van der Waals surface area contributed by atoms with E-state index in [0.29, 0.717) is 23.6 Å². The molecule has 0 aliphatic carbocycles. The molecule has 1 aliphatic heterocycles. The van der Waals surface area contributed by atoms with Gasteiger partial charge in [-0.05, 0) is 50.0 Å². The summed E-state index contributed by atoms with van der Waals surface area (Å²) in [6.45, 7) is 2.77. The number of hydrogen-bond donors (Lipinski definition) is 1. The fourth-order valence-corrected chi connectivity index (χ4v) is 3.70. The fourth-order valence-electron chi connectivity index (χ4n) is 3.70. The Hall–Kier alpha value is -2.53. The average molecular weight is 368 g/mol. The van der Waals surface area contributed by atoms with E-state index in [1.54, 1.807) is 26.4 Å². The van der Waals surface area contributed by atoms with Gasteiger partial charge >= 0.3 is 0 Å². The molecule has 144 valence electrons. The summed E-state index contributed by atoms with van der Waals surface area (Å²) in [5.74, 6) is 0.877. The number of carbonyl (C=O) groups excluding carboxylic acids is 1. The summed E-state index contributed by atoms with van der Waals surface area (Å²) in [7, 11) is 3.13. The predicted octanol–water partition coefficient (Wildman–Crippen LogP) is 3.14. The zero-order chi connectivity index (χ0) is 19.1. The second-order valence-corrected chi connectivity index (χ2v) is 6.83. The maximum Gasteiger partial charge on any atom is 0.258 e. The van der Waals surface area contributed by atoms with Crippen LogP contribution in [0.2, 0.25) is 0 Å². The standard InChI is InChI=1S/C22H28N2O3/c1-26-19-11-8-12-20(27-2)21(19)22(25)23-16-18(24-13-6-7-14-24)15-17-9-4-3-5-10-17/h3-5,8-12,18H,6-7,13-16H2,1-2H3,(H,23,25). The number of methoxy groups -OCH3 is 2. The molecule has 1 fully saturated rings. The number of rotatable bonds is 8. The third kappa shape index (κ3) is 4.80. The third-order valence-corrected chi connectivity index (χ3v) is 5.12. The second kappa shape index (κ2) is 9.42. The van der Waals surface area contributed by atoms with Crippen LogP contribution in [-0.4, -0.2) is 50.7 Å². The minimum absolute atomic E-state index is 0.165. The SMILES string of the molecule is COc1cccc(OC)c1C(=O)NCC(Cc1ccccc1)N1CCCC1. The van der Waals surface area contributed by atoms with Crippen LogP contribution in [0.4, 0.5) is 0 Å². The van der Waals surface area contributed by atoms with Crippen LogP contribution in [-0.2, 0) is 6.42 Å². The summed E-state index contributed by atoms with van der Waals surface area (Å²) in [4.78, 5) is 15.4. The molecule has 0 bridgehead atoms. The topological polar surface area (TPSA) is 50.8 Å². The molecule has 0 spiro atoms.